The Bertz CT molecular complexity index is 3730. The molecule has 338 valence electrons. The third-order valence-corrected chi connectivity index (χ3v) is 13.7. The molecule has 0 spiro atoms. The largest absolute Gasteiger partial charge is 0.457 e. The van der Waals surface area contributed by atoms with Crippen molar-refractivity contribution >= 4 is 50.2 Å². The van der Waals surface area contributed by atoms with Gasteiger partial charge in [0.1, 0.15) is 17.3 Å². The van der Waals surface area contributed by atoms with E-state index < -0.39 is 6.04 Å². The predicted octanol–water partition coefficient (Wildman–Crippen LogP) is 16.5. The van der Waals surface area contributed by atoms with Crippen molar-refractivity contribution in [2.75, 3.05) is 28.6 Å². The van der Waals surface area contributed by atoms with E-state index >= 15 is 0 Å². The molecule has 0 radical (unpaired) electrons. The van der Waals surface area contributed by atoms with E-state index in [0.29, 0.717) is 17.1 Å². The molecule has 0 fully saturated rings. The molecule has 4 heterocycles. The lowest BCUT2D eigenvalue weighted by molar-refractivity contribution is 0.483. The number of hydrogen-bond acceptors (Lipinski definition) is 5. The highest BCUT2D eigenvalue weighted by molar-refractivity contribution is 6.11. The van der Waals surface area contributed by atoms with Crippen LogP contribution >= 0.6 is 0 Å². The van der Waals surface area contributed by atoms with Crippen molar-refractivity contribution in [3.05, 3.63) is 211 Å². The summed E-state index contributed by atoms with van der Waals surface area (Å²) in [6, 6.07) is 52.4. The second-order valence-corrected chi connectivity index (χ2v) is 19.2. The van der Waals surface area contributed by atoms with Gasteiger partial charge in [-0.25, -0.2) is 4.98 Å². The summed E-state index contributed by atoms with van der Waals surface area (Å²) in [6.07, 6.45) is 6.15. The van der Waals surface area contributed by atoms with Crippen LogP contribution in [-0.4, -0.2) is 22.6 Å². The highest BCUT2D eigenvalue weighted by Crippen LogP contribution is 2.52. The van der Waals surface area contributed by atoms with E-state index in [1.165, 1.54) is 39.1 Å². The highest BCUT2D eigenvalue weighted by Gasteiger charge is 2.32. The van der Waals surface area contributed by atoms with Gasteiger partial charge in [0.15, 0.2) is 0 Å². The number of rotatable bonds is 10. The molecule has 0 amide bonds. The van der Waals surface area contributed by atoms with Crippen LogP contribution in [0.2, 0.25) is 0 Å². The molecule has 8 aromatic carbocycles. The number of hydrogen-bond donors (Lipinski definition) is 2. The van der Waals surface area contributed by atoms with Crippen LogP contribution in [-0.2, 0) is 18.3 Å². The predicted molar refractivity (Wildman–Crippen MR) is 288 cm³/mol. The highest BCUT2D eigenvalue weighted by atomic mass is 16.5. The monoisotopic (exact) mass is 902 g/mol. The molecule has 0 bridgehead atoms. The fraction of sp³-hybridized carbons (Fsp3) is 0.159. The van der Waals surface area contributed by atoms with Gasteiger partial charge in [0.05, 0.1) is 34.9 Å². The standard InChI is InChI=1S/C63H55N5O/c1-63(2,3)46-34-35-64-58(39-46)68-56-33-30-45(42-18-7-4-8-19-42)38-53(56)50-32-31-49(41-57(50)68)69-48-25-15-24-47(40-48)65-54-28-13-14-29-55(54)66-61-59(43-20-9-5-10-21-43)51-26-16-36-67-37-17-27-52(62(51)67)60(61)44-22-11-6-12-23-44/h4-15,18-25,28-35,38-41,65-66H,16-17,26-27,36-37H2,1-3H3/i4D,7D,8D,18D,19D. The summed E-state index contributed by atoms with van der Waals surface area (Å²) in [6.45, 7) is 8.71. The molecule has 2 aliphatic rings. The lowest BCUT2D eigenvalue weighted by Crippen LogP contribution is -2.35. The summed E-state index contributed by atoms with van der Waals surface area (Å²) < 4.78 is 51.3. The van der Waals surface area contributed by atoms with Gasteiger partial charge in [-0.05, 0) is 131 Å². The quantitative estimate of drug-likeness (QED) is 0.143. The Kier molecular flexibility index (Phi) is 9.39. The lowest BCUT2D eigenvalue weighted by Gasteiger charge is -2.40. The first-order valence-electron chi connectivity index (χ1n) is 26.5. The number of nitrogens with zero attached hydrogens (tertiary/aromatic N) is 3. The molecule has 69 heavy (non-hydrogen) atoms. The van der Waals surface area contributed by atoms with E-state index in [2.05, 4.69) is 132 Å². The number of aromatic nitrogens is 2. The molecule has 2 aromatic heterocycles. The van der Waals surface area contributed by atoms with E-state index in [-0.39, 0.29) is 35.1 Å². The molecule has 12 rings (SSSR count). The first-order valence-corrected chi connectivity index (χ1v) is 24.0. The van der Waals surface area contributed by atoms with E-state index in [9.17, 15) is 0 Å². The first kappa shape index (κ1) is 37.0. The van der Waals surface area contributed by atoms with Gasteiger partial charge >= 0.3 is 0 Å². The third-order valence-electron chi connectivity index (χ3n) is 13.7. The number of para-hydroxylation sites is 2. The Balaban J connectivity index is 0.921. The van der Waals surface area contributed by atoms with Gasteiger partial charge in [-0.1, -0.05) is 136 Å². The molecular weight excluding hydrogens is 843 g/mol. The summed E-state index contributed by atoms with van der Waals surface area (Å²) in [5.74, 6) is 2.00. The molecule has 0 aliphatic carbocycles. The van der Waals surface area contributed by atoms with E-state index in [4.69, 9.17) is 16.6 Å². The summed E-state index contributed by atoms with van der Waals surface area (Å²) in [5, 5.41) is 9.57. The maximum atomic E-state index is 8.74. The number of fused-ring (bicyclic) bond motifs is 3. The fourth-order valence-electron chi connectivity index (χ4n) is 10.5. The van der Waals surface area contributed by atoms with Crippen LogP contribution in [0.25, 0.3) is 61.0 Å². The topological polar surface area (TPSA) is 54.4 Å². The van der Waals surface area contributed by atoms with Crippen molar-refractivity contribution in [3.8, 4) is 50.7 Å². The van der Waals surface area contributed by atoms with E-state index in [0.717, 1.165) is 94.7 Å². The molecule has 10 aromatic rings. The minimum absolute atomic E-state index is 0.135. The number of benzene rings is 8. The van der Waals surface area contributed by atoms with E-state index in [1.807, 2.05) is 72.9 Å². The van der Waals surface area contributed by atoms with Gasteiger partial charge in [-0.15, -0.1) is 0 Å². The summed E-state index contributed by atoms with van der Waals surface area (Å²) >= 11 is 0. The van der Waals surface area contributed by atoms with Crippen molar-refractivity contribution in [2.45, 2.75) is 51.9 Å². The van der Waals surface area contributed by atoms with Crippen LogP contribution in [0.4, 0.5) is 28.4 Å². The van der Waals surface area contributed by atoms with Crippen molar-refractivity contribution in [1.82, 2.24) is 9.55 Å². The number of anilines is 5. The van der Waals surface area contributed by atoms with Crippen molar-refractivity contribution in [1.29, 1.82) is 0 Å². The van der Waals surface area contributed by atoms with Gasteiger partial charge in [-0.2, -0.15) is 0 Å². The Hall–Kier alpha value is -8.09. The Labute approximate surface area is 411 Å². The Morgan fingerprint density at radius 2 is 1.23 bits per heavy atom. The fourth-order valence-corrected chi connectivity index (χ4v) is 10.5. The molecule has 6 heteroatoms. The normalized spacial score (nSPS) is 14.4. The van der Waals surface area contributed by atoms with Crippen LogP contribution in [0.5, 0.6) is 11.5 Å². The molecular formula is C63H55N5O. The Morgan fingerprint density at radius 3 is 1.93 bits per heavy atom. The molecule has 0 unspecified atom stereocenters. The molecule has 6 nitrogen and oxygen atoms in total. The smallest absolute Gasteiger partial charge is 0.137 e. The zero-order chi connectivity index (χ0) is 50.8. The van der Waals surface area contributed by atoms with Crippen molar-refractivity contribution in [2.24, 2.45) is 0 Å². The average Bonchev–Trinajstić information content (AvgIpc) is 3.74. The minimum atomic E-state index is -0.418. The minimum Gasteiger partial charge on any atom is -0.457 e. The Morgan fingerprint density at radius 1 is 0.565 bits per heavy atom. The second kappa shape index (κ2) is 17.5. The van der Waals surface area contributed by atoms with Crippen LogP contribution in [0, 0.1) is 0 Å². The molecule has 0 saturated carbocycles. The maximum absolute atomic E-state index is 8.74. The molecule has 2 N–H and O–H groups in total. The van der Waals surface area contributed by atoms with Crippen molar-refractivity contribution < 1.29 is 11.6 Å². The molecule has 0 atom stereocenters. The summed E-state index contributed by atoms with van der Waals surface area (Å²) in [5.41, 5.74) is 16.5. The zero-order valence-corrected chi connectivity index (χ0v) is 39.1. The first-order chi connectivity index (χ1) is 35.9. The number of ether oxygens (including phenoxy) is 1. The van der Waals surface area contributed by atoms with Gasteiger partial charge in [0.2, 0.25) is 0 Å². The SMILES string of the molecule is [2H]c1c([2H])c([2H])c(-c2ccc3c(c2)c2ccc(Oc4cccc(Nc5ccccc5Nc5c(-c6ccccc6)c6c7c(c5-c5ccccc5)CCCN7CCC6)c4)cc2n3-c2cc(C(C)(C)C)ccn2)c([2H])c1[2H]. The third kappa shape index (κ3) is 7.96. The van der Waals surface area contributed by atoms with Gasteiger partial charge in [0, 0.05) is 64.7 Å². The summed E-state index contributed by atoms with van der Waals surface area (Å²) in [4.78, 5) is 7.52. The van der Waals surface area contributed by atoms with Crippen LogP contribution in [0.15, 0.2) is 194 Å². The van der Waals surface area contributed by atoms with Crippen LogP contribution in [0.1, 0.15) is 57.2 Å². The summed E-state index contributed by atoms with van der Waals surface area (Å²) in [7, 11) is 0. The van der Waals surface area contributed by atoms with Crippen LogP contribution < -0.4 is 20.3 Å². The van der Waals surface area contributed by atoms with Crippen LogP contribution in [0.3, 0.4) is 0 Å². The van der Waals surface area contributed by atoms with E-state index in [1.54, 1.807) is 0 Å². The lowest BCUT2D eigenvalue weighted by atomic mass is 9.80. The maximum Gasteiger partial charge on any atom is 0.137 e. The van der Waals surface area contributed by atoms with Crippen molar-refractivity contribution in [3.63, 3.8) is 0 Å². The van der Waals surface area contributed by atoms with Gasteiger partial charge in [0.25, 0.3) is 0 Å². The zero-order valence-electron chi connectivity index (χ0n) is 44.1. The van der Waals surface area contributed by atoms with Gasteiger partial charge < -0.3 is 20.3 Å². The average molecular weight is 903 g/mol. The number of nitrogens with one attached hydrogen (secondary N) is 2. The molecule has 2 aliphatic heterocycles. The van der Waals surface area contributed by atoms with Gasteiger partial charge in [-0.3, -0.25) is 4.57 Å². The second-order valence-electron chi connectivity index (χ2n) is 19.2. The molecule has 0 saturated heterocycles. The number of pyridine rings is 1.